The quantitative estimate of drug-likeness (QED) is 0.911. The minimum absolute atomic E-state index is 0.0374. The lowest BCUT2D eigenvalue weighted by atomic mass is 9.99. The minimum atomic E-state index is -0.149. The number of rotatable bonds is 4. The normalized spacial score (nSPS) is 17.4. The van der Waals surface area contributed by atoms with Crippen LogP contribution in [-0.4, -0.2) is 33.0 Å². The number of nitrogens with zero attached hydrogens (tertiary/aromatic N) is 3. The number of carbonyl (C=O) groups is 2. The van der Waals surface area contributed by atoms with Crippen molar-refractivity contribution in [3.8, 4) is 0 Å². The molecule has 7 nitrogen and oxygen atoms in total. The number of hydrogen-bond acceptors (Lipinski definition) is 4. The maximum absolute atomic E-state index is 12.6. The van der Waals surface area contributed by atoms with Gasteiger partial charge in [-0.15, -0.1) is 0 Å². The minimum Gasteiger partial charge on any atom is -0.361 e. The van der Waals surface area contributed by atoms with Crippen LogP contribution in [0, 0.1) is 13.8 Å². The molecule has 0 saturated carbocycles. The number of likely N-dealkylation sites (tertiary alicyclic amines) is 1. The van der Waals surface area contributed by atoms with E-state index in [1.54, 1.807) is 6.92 Å². The van der Waals surface area contributed by atoms with Gasteiger partial charge in [0.2, 0.25) is 5.91 Å². The van der Waals surface area contributed by atoms with E-state index in [0.717, 1.165) is 48.5 Å². The van der Waals surface area contributed by atoms with Crippen LogP contribution < -0.4 is 5.32 Å². The second-order valence-electron chi connectivity index (χ2n) is 6.91. The van der Waals surface area contributed by atoms with Crippen LogP contribution in [0.4, 0.5) is 0 Å². The van der Waals surface area contributed by atoms with Gasteiger partial charge in [-0.25, -0.2) is 0 Å². The van der Waals surface area contributed by atoms with Crippen molar-refractivity contribution in [3.63, 3.8) is 0 Å². The van der Waals surface area contributed by atoms with Crippen LogP contribution in [-0.2, 0) is 18.4 Å². The Morgan fingerprint density at radius 1 is 1.31 bits per heavy atom. The highest BCUT2D eigenvalue weighted by Crippen LogP contribution is 2.31. The van der Waals surface area contributed by atoms with Gasteiger partial charge in [-0.05, 0) is 45.2 Å². The SMILES string of the molecule is CC(=O)N1CCCC[C@@H]1c1ccc(C(=O)NCc2c(C)noc2C)n1C. The van der Waals surface area contributed by atoms with Gasteiger partial charge in [-0.3, -0.25) is 9.59 Å². The van der Waals surface area contributed by atoms with E-state index in [2.05, 4.69) is 10.5 Å². The lowest BCUT2D eigenvalue weighted by Crippen LogP contribution is -2.38. The van der Waals surface area contributed by atoms with Gasteiger partial charge in [-0.1, -0.05) is 5.16 Å². The monoisotopic (exact) mass is 358 g/mol. The molecular formula is C19H26N4O3. The Kier molecular flexibility index (Phi) is 5.15. The first-order valence-electron chi connectivity index (χ1n) is 9.03. The van der Waals surface area contributed by atoms with E-state index in [1.165, 1.54) is 0 Å². The number of hydrogen-bond donors (Lipinski definition) is 1. The lowest BCUT2D eigenvalue weighted by molar-refractivity contribution is -0.132. The van der Waals surface area contributed by atoms with Crippen molar-refractivity contribution in [3.05, 3.63) is 40.5 Å². The van der Waals surface area contributed by atoms with Crippen LogP contribution in [0.5, 0.6) is 0 Å². The van der Waals surface area contributed by atoms with Crippen LogP contribution >= 0.6 is 0 Å². The zero-order valence-electron chi connectivity index (χ0n) is 15.8. The third kappa shape index (κ3) is 3.38. The average molecular weight is 358 g/mol. The Balaban J connectivity index is 1.75. The summed E-state index contributed by atoms with van der Waals surface area (Å²) in [5, 5.41) is 6.84. The van der Waals surface area contributed by atoms with Gasteiger partial charge in [0, 0.05) is 38.3 Å². The number of nitrogens with one attached hydrogen (secondary N) is 1. The molecule has 7 heteroatoms. The summed E-state index contributed by atoms with van der Waals surface area (Å²) >= 11 is 0. The van der Waals surface area contributed by atoms with E-state index in [-0.39, 0.29) is 17.9 Å². The zero-order chi connectivity index (χ0) is 18.8. The van der Waals surface area contributed by atoms with Gasteiger partial charge in [-0.2, -0.15) is 0 Å². The van der Waals surface area contributed by atoms with E-state index in [9.17, 15) is 9.59 Å². The summed E-state index contributed by atoms with van der Waals surface area (Å²) < 4.78 is 7.03. The number of amides is 2. The fourth-order valence-corrected chi connectivity index (χ4v) is 3.72. The Morgan fingerprint density at radius 2 is 2.08 bits per heavy atom. The largest absolute Gasteiger partial charge is 0.361 e. The molecule has 0 spiro atoms. The molecule has 1 N–H and O–H groups in total. The first-order valence-corrected chi connectivity index (χ1v) is 9.03. The fraction of sp³-hybridized carbons (Fsp3) is 0.526. The number of aryl methyl sites for hydroxylation is 2. The molecular weight excluding hydrogens is 332 g/mol. The first-order chi connectivity index (χ1) is 12.4. The van der Waals surface area contributed by atoms with Crippen molar-refractivity contribution >= 4 is 11.8 Å². The van der Waals surface area contributed by atoms with Crippen molar-refractivity contribution in [2.24, 2.45) is 7.05 Å². The third-order valence-corrected chi connectivity index (χ3v) is 5.25. The molecule has 2 aromatic rings. The highest BCUT2D eigenvalue weighted by atomic mass is 16.5. The van der Waals surface area contributed by atoms with Crippen molar-refractivity contribution in [2.75, 3.05) is 6.54 Å². The average Bonchev–Trinajstić information content (AvgIpc) is 3.15. The Labute approximate surface area is 153 Å². The number of piperidine rings is 1. The molecule has 1 aliphatic rings. The molecule has 3 heterocycles. The first kappa shape index (κ1) is 18.2. The molecule has 0 bridgehead atoms. The van der Waals surface area contributed by atoms with Gasteiger partial charge in [0.05, 0.1) is 11.7 Å². The molecule has 0 unspecified atom stereocenters. The fourth-order valence-electron chi connectivity index (χ4n) is 3.72. The van der Waals surface area contributed by atoms with Crippen LogP contribution in [0.1, 0.15) is 65.4 Å². The third-order valence-electron chi connectivity index (χ3n) is 5.25. The molecule has 0 aliphatic carbocycles. The van der Waals surface area contributed by atoms with Crippen LogP contribution in [0.2, 0.25) is 0 Å². The van der Waals surface area contributed by atoms with E-state index in [4.69, 9.17) is 4.52 Å². The van der Waals surface area contributed by atoms with Crippen LogP contribution in [0.25, 0.3) is 0 Å². The second kappa shape index (κ2) is 7.35. The Morgan fingerprint density at radius 3 is 2.73 bits per heavy atom. The molecule has 0 aromatic carbocycles. The molecule has 2 aromatic heterocycles. The van der Waals surface area contributed by atoms with Gasteiger partial charge < -0.3 is 19.3 Å². The summed E-state index contributed by atoms with van der Waals surface area (Å²) in [5.41, 5.74) is 3.28. The van der Waals surface area contributed by atoms with E-state index in [0.29, 0.717) is 12.2 Å². The standard InChI is InChI=1S/C19H26N4O3/c1-12-15(13(2)26-21-12)11-20-19(25)18-9-8-16(22(18)4)17-7-5-6-10-23(17)14(3)24/h8-9,17H,5-7,10-11H2,1-4H3,(H,20,25)/t17-/m1/s1. The molecule has 1 atom stereocenters. The molecule has 140 valence electrons. The Hall–Kier alpha value is -2.57. The molecule has 1 fully saturated rings. The summed E-state index contributed by atoms with van der Waals surface area (Å²) in [6.07, 6.45) is 3.05. The topological polar surface area (TPSA) is 80.4 Å². The van der Waals surface area contributed by atoms with Gasteiger partial charge >= 0.3 is 0 Å². The molecule has 0 radical (unpaired) electrons. The lowest BCUT2D eigenvalue weighted by Gasteiger charge is -2.35. The van der Waals surface area contributed by atoms with Crippen molar-refractivity contribution in [1.29, 1.82) is 0 Å². The molecule has 26 heavy (non-hydrogen) atoms. The van der Waals surface area contributed by atoms with Gasteiger partial charge in [0.25, 0.3) is 5.91 Å². The van der Waals surface area contributed by atoms with Crippen molar-refractivity contribution < 1.29 is 14.1 Å². The summed E-state index contributed by atoms with van der Waals surface area (Å²) in [6.45, 7) is 6.46. The second-order valence-corrected chi connectivity index (χ2v) is 6.91. The van der Waals surface area contributed by atoms with E-state index >= 15 is 0 Å². The number of aromatic nitrogens is 2. The molecule has 1 saturated heterocycles. The summed E-state index contributed by atoms with van der Waals surface area (Å²) in [4.78, 5) is 26.5. The smallest absolute Gasteiger partial charge is 0.268 e. The van der Waals surface area contributed by atoms with E-state index < -0.39 is 0 Å². The van der Waals surface area contributed by atoms with E-state index in [1.807, 2.05) is 42.5 Å². The van der Waals surface area contributed by atoms with Gasteiger partial charge in [0.1, 0.15) is 11.5 Å². The van der Waals surface area contributed by atoms with Crippen molar-refractivity contribution in [2.45, 2.75) is 52.6 Å². The van der Waals surface area contributed by atoms with Gasteiger partial charge in [0.15, 0.2) is 0 Å². The molecule has 1 aliphatic heterocycles. The maximum Gasteiger partial charge on any atom is 0.268 e. The molecule has 3 rings (SSSR count). The van der Waals surface area contributed by atoms with Crippen molar-refractivity contribution in [1.82, 2.24) is 19.9 Å². The predicted molar refractivity (Wildman–Crippen MR) is 96.5 cm³/mol. The molecule has 2 amide bonds. The summed E-state index contributed by atoms with van der Waals surface area (Å²) in [5.74, 6) is 0.652. The predicted octanol–water partition coefficient (Wildman–Crippen LogP) is 2.63. The summed E-state index contributed by atoms with van der Waals surface area (Å²) in [6, 6.07) is 3.82. The van der Waals surface area contributed by atoms with Crippen LogP contribution in [0.3, 0.4) is 0 Å². The highest BCUT2D eigenvalue weighted by molar-refractivity contribution is 5.93. The Bertz CT molecular complexity index is 801. The van der Waals surface area contributed by atoms with Crippen LogP contribution in [0.15, 0.2) is 16.7 Å². The number of carbonyl (C=O) groups excluding carboxylic acids is 2. The summed E-state index contributed by atoms with van der Waals surface area (Å²) in [7, 11) is 1.88. The zero-order valence-corrected chi connectivity index (χ0v) is 15.8. The highest BCUT2D eigenvalue weighted by Gasteiger charge is 2.28. The maximum atomic E-state index is 12.6.